The van der Waals surface area contributed by atoms with Crippen LogP contribution in [-0.2, 0) is 10.0 Å². The van der Waals surface area contributed by atoms with Crippen molar-refractivity contribution in [2.45, 2.75) is 24.8 Å². The molecule has 0 radical (unpaired) electrons. The number of aromatic nitrogens is 2. The molecular weight excluding hydrogens is 369 g/mol. The number of rotatable bonds is 7. The average molecular weight is 389 g/mol. The molecule has 0 unspecified atom stereocenters. The van der Waals surface area contributed by atoms with Gasteiger partial charge in [-0.05, 0) is 43.7 Å². The fourth-order valence-corrected chi connectivity index (χ4v) is 3.88. The van der Waals surface area contributed by atoms with Crippen LogP contribution >= 0.6 is 0 Å². The van der Waals surface area contributed by atoms with Gasteiger partial charge in [0.1, 0.15) is 0 Å². The van der Waals surface area contributed by atoms with Crippen molar-refractivity contribution in [2.75, 3.05) is 6.61 Å². The number of nitrogens with one attached hydrogen (secondary N) is 1. The second-order valence-corrected chi connectivity index (χ2v) is 7.64. The van der Waals surface area contributed by atoms with Crippen LogP contribution in [0.4, 0.5) is 4.39 Å². The molecule has 8 heteroatoms. The minimum atomic E-state index is -3.83. The lowest BCUT2D eigenvalue weighted by Gasteiger charge is -2.16. The number of nitrogens with zero attached hydrogens (tertiary/aromatic N) is 2. The Morgan fingerprint density at radius 1 is 1.22 bits per heavy atom. The van der Waals surface area contributed by atoms with Gasteiger partial charge in [-0.3, -0.25) is 0 Å². The molecule has 3 aromatic rings. The zero-order valence-electron chi connectivity index (χ0n) is 15.0. The molecule has 0 aliphatic carbocycles. The van der Waals surface area contributed by atoms with E-state index < -0.39 is 21.9 Å². The van der Waals surface area contributed by atoms with Crippen molar-refractivity contribution in [3.63, 3.8) is 0 Å². The topological polar surface area (TPSA) is 73.2 Å². The summed E-state index contributed by atoms with van der Waals surface area (Å²) in [5.41, 5.74) is 1.72. The molecule has 27 heavy (non-hydrogen) atoms. The highest BCUT2D eigenvalue weighted by molar-refractivity contribution is 7.89. The van der Waals surface area contributed by atoms with Gasteiger partial charge in [0.25, 0.3) is 0 Å². The Morgan fingerprint density at radius 2 is 1.96 bits per heavy atom. The molecule has 0 aliphatic rings. The van der Waals surface area contributed by atoms with E-state index in [4.69, 9.17) is 4.74 Å². The SMILES string of the molecule is CCOc1cc(S(=O)(=O)N[C@@H](C)c2ccc(-n3ccnc3)cc2)ccc1F. The van der Waals surface area contributed by atoms with Gasteiger partial charge in [-0.15, -0.1) is 0 Å². The van der Waals surface area contributed by atoms with Crippen molar-refractivity contribution >= 4 is 10.0 Å². The van der Waals surface area contributed by atoms with E-state index in [-0.39, 0.29) is 17.3 Å². The van der Waals surface area contributed by atoms with Gasteiger partial charge in [0.15, 0.2) is 11.6 Å². The number of hydrogen-bond acceptors (Lipinski definition) is 4. The molecule has 3 rings (SSSR count). The first kappa shape index (κ1) is 19.1. The summed E-state index contributed by atoms with van der Waals surface area (Å²) in [5, 5.41) is 0. The van der Waals surface area contributed by atoms with Gasteiger partial charge in [-0.2, -0.15) is 0 Å². The summed E-state index contributed by atoms with van der Waals surface area (Å²) >= 11 is 0. The normalized spacial score (nSPS) is 12.7. The highest BCUT2D eigenvalue weighted by atomic mass is 32.2. The fraction of sp³-hybridized carbons (Fsp3) is 0.211. The first-order chi connectivity index (χ1) is 12.9. The van der Waals surface area contributed by atoms with Gasteiger partial charge in [-0.25, -0.2) is 22.5 Å². The van der Waals surface area contributed by atoms with Gasteiger partial charge in [0.2, 0.25) is 10.0 Å². The van der Waals surface area contributed by atoms with Gasteiger partial charge in [0, 0.05) is 30.2 Å². The van der Waals surface area contributed by atoms with Crippen molar-refractivity contribution in [1.29, 1.82) is 0 Å². The van der Waals surface area contributed by atoms with Crippen LogP contribution in [-0.4, -0.2) is 24.6 Å². The van der Waals surface area contributed by atoms with E-state index in [9.17, 15) is 12.8 Å². The maximum atomic E-state index is 13.7. The van der Waals surface area contributed by atoms with Crippen LogP contribution in [0.1, 0.15) is 25.5 Å². The molecule has 142 valence electrons. The Labute approximate surface area is 157 Å². The van der Waals surface area contributed by atoms with Crippen molar-refractivity contribution in [3.05, 3.63) is 72.6 Å². The van der Waals surface area contributed by atoms with E-state index in [1.54, 1.807) is 26.4 Å². The average Bonchev–Trinajstić information content (AvgIpc) is 3.18. The first-order valence-electron chi connectivity index (χ1n) is 8.43. The molecule has 0 fully saturated rings. The molecule has 0 bridgehead atoms. The zero-order valence-corrected chi connectivity index (χ0v) is 15.8. The number of ether oxygens (including phenoxy) is 1. The predicted octanol–water partition coefficient (Wildman–Crippen LogP) is 3.45. The molecule has 1 N–H and O–H groups in total. The van der Waals surface area contributed by atoms with E-state index in [0.717, 1.165) is 17.3 Å². The lowest BCUT2D eigenvalue weighted by Crippen LogP contribution is -2.27. The maximum Gasteiger partial charge on any atom is 0.241 e. The van der Waals surface area contributed by atoms with Gasteiger partial charge < -0.3 is 9.30 Å². The van der Waals surface area contributed by atoms with Crippen molar-refractivity contribution in [3.8, 4) is 11.4 Å². The summed E-state index contributed by atoms with van der Waals surface area (Å²) in [6.07, 6.45) is 5.20. The molecule has 1 heterocycles. The number of sulfonamides is 1. The molecular formula is C19H20FN3O3S. The lowest BCUT2D eigenvalue weighted by molar-refractivity contribution is 0.320. The second-order valence-electron chi connectivity index (χ2n) is 5.93. The largest absolute Gasteiger partial charge is 0.491 e. The number of benzene rings is 2. The summed E-state index contributed by atoms with van der Waals surface area (Å²) in [4.78, 5) is 3.95. The third-order valence-electron chi connectivity index (χ3n) is 4.04. The highest BCUT2D eigenvalue weighted by Crippen LogP contribution is 2.24. The van der Waals surface area contributed by atoms with Crippen LogP contribution in [0.15, 0.2) is 66.1 Å². The van der Waals surface area contributed by atoms with Gasteiger partial charge in [0.05, 0.1) is 17.8 Å². The van der Waals surface area contributed by atoms with Crippen molar-refractivity contribution < 1.29 is 17.5 Å². The summed E-state index contributed by atoms with van der Waals surface area (Å²) in [5.74, 6) is -0.684. The zero-order chi connectivity index (χ0) is 19.4. The number of halogens is 1. The minimum Gasteiger partial charge on any atom is -0.491 e. The predicted molar refractivity (Wildman–Crippen MR) is 99.9 cm³/mol. The molecule has 0 amide bonds. The Bertz CT molecular complexity index is 1000. The summed E-state index contributed by atoms with van der Waals surface area (Å²) in [6.45, 7) is 3.69. The Hall–Kier alpha value is -2.71. The maximum absolute atomic E-state index is 13.7. The molecule has 0 saturated carbocycles. The minimum absolute atomic E-state index is 0.0470. The molecule has 1 aromatic heterocycles. The lowest BCUT2D eigenvalue weighted by atomic mass is 10.1. The van der Waals surface area contributed by atoms with Crippen molar-refractivity contribution in [2.24, 2.45) is 0 Å². The van der Waals surface area contributed by atoms with E-state index in [2.05, 4.69) is 9.71 Å². The molecule has 1 atom stereocenters. The smallest absolute Gasteiger partial charge is 0.241 e. The van der Waals surface area contributed by atoms with Crippen LogP contribution in [0.2, 0.25) is 0 Å². The molecule has 6 nitrogen and oxygen atoms in total. The van der Waals surface area contributed by atoms with Crippen LogP contribution in [0, 0.1) is 5.82 Å². The van der Waals surface area contributed by atoms with Crippen LogP contribution in [0.25, 0.3) is 5.69 Å². The molecule has 2 aromatic carbocycles. The third kappa shape index (κ3) is 4.35. The number of imidazole rings is 1. The van der Waals surface area contributed by atoms with E-state index in [1.807, 2.05) is 35.0 Å². The monoisotopic (exact) mass is 389 g/mol. The first-order valence-corrected chi connectivity index (χ1v) is 9.92. The Kier molecular flexibility index (Phi) is 5.57. The summed E-state index contributed by atoms with van der Waals surface area (Å²) in [7, 11) is -3.83. The van der Waals surface area contributed by atoms with Crippen LogP contribution in [0.5, 0.6) is 5.75 Å². The summed E-state index contributed by atoms with van der Waals surface area (Å²) < 4.78 is 48.5. The Morgan fingerprint density at radius 3 is 2.59 bits per heavy atom. The van der Waals surface area contributed by atoms with Crippen LogP contribution < -0.4 is 9.46 Å². The third-order valence-corrected chi connectivity index (χ3v) is 5.58. The highest BCUT2D eigenvalue weighted by Gasteiger charge is 2.20. The Balaban J connectivity index is 1.78. The second kappa shape index (κ2) is 7.89. The number of hydrogen-bond donors (Lipinski definition) is 1. The van der Waals surface area contributed by atoms with Crippen molar-refractivity contribution in [1.82, 2.24) is 14.3 Å². The molecule has 0 aliphatic heterocycles. The molecule has 0 spiro atoms. The standard InChI is InChI=1S/C19H20FN3O3S/c1-3-26-19-12-17(8-9-18(19)20)27(24,25)22-14(2)15-4-6-16(7-5-15)23-11-10-21-13-23/h4-14,22H,3H2,1-2H3/t14-/m0/s1. The van der Waals surface area contributed by atoms with E-state index in [0.29, 0.717) is 0 Å². The quantitative estimate of drug-likeness (QED) is 0.672. The van der Waals surface area contributed by atoms with Crippen LogP contribution in [0.3, 0.4) is 0 Å². The van der Waals surface area contributed by atoms with E-state index in [1.165, 1.54) is 12.1 Å². The summed E-state index contributed by atoms with van der Waals surface area (Å²) in [6, 6.07) is 10.5. The van der Waals surface area contributed by atoms with E-state index >= 15 is 0 Å². The van der Waals surface area contributed by atoms with Gasteiger partial charge >= 0.3 is 0 Å². The van der Waals surface area contributed by atoms with Gasteiger partial charge in [-0.1, -0.05) is 12.1 Å². The fourth-order valence-electron chi connectivity index (χ4n) is 2.63. The molecule has 0 saturated heterocycles.